The third kappa shape index (κ3) is 2.92. The molecule has 0 saturated heterocycles. The SMILES string of the molecule is Cc1c(NN)ncnc1Oc1cccc(N(C)C)c1. The van der Waals surface area contributed by atoms with Crippen LogP contribution in [0.1, 0.15) is 5.56 Å². The van der Waals surface area contributed by atoms with Gasteiger partial charge in [-0.2, -0.15) is 0 Å². The van der Waals surface area contributed by atoms with E-state index in [9.17, 15) is 0 Å². The third-order valence-electron chi connectivity index (χ3n) is 2.72. The molecule has 0 amide bonds. The minimum absolute atomic E-state index is 0.485. The predicted molar refractivity (Wildman–Crippen MR) is 75.4 cm³/mol. The molecule has 0 spiro atoms. The number of benzene rings is 1. The molecular weight excluding hydrogens is 242 g/mol. The second-order valence-corrected chi connectivity index (χ2v) is 4.29. The van der Waals surface area contributed by atoms with Crippen LogP contribution in [-0.2, 0) is 0 Å². The van der Waals surface area contributed by atoms with Crippen LogP contribution in [0.4, 0.5) is 11.5 Å². The molecule has 0 saturated carbocycles. The summed E-state index contributed by atoms with van der Waals surface area (Å²) in [5, 5.41) is 0. The standard InChI is InChI=1S/C13H17N5O/c1-9-12(17-14)15-8-16-13(9)19-11-6-4-5-10(7-11)18(2)3/h4-8H,14H2,1-3H3,(H,15,16,17). The Kier molecular flexibility index (Phi) is 3.82. The van der Waals surface area contributed by atoms with Gasteiger partial charge in [-0.1, -0.05) is 6.07 Å². The molecule has 6 nitrogen and oxygen atoms in total. The van der Waals surface area contributed by atoms with Gasteiger partial charge >= 0.3 is 0 Å². The van der Waals surface area contributed by atoms with Crippen molar-refractivity contribution >= 4 is 11.5 Å². The highest BCUT2D eigenvalue weighted by atomic mass is 16.5. The number of hydrogen-bond donors (Lipinski definition) is 2. The van der Waals surface area contributed by atoms with E-state index in [2.05, 4.69) is 15.4 Å². The largest absolute Gasteiger partial charge is 0.438 e. The highest BCUT2D eigenvalue weighted by Crippen LogP contribution is 2.27. The van der Waals surface area contributed by atoms with E-state index in [0.29, 0.717) is 11.7 Å². The average molecular weight is 259 g/mol. The molecule has 2 rings (SSSR count). The van der Waals surface area contributed by atoms with Crippen LogP contribution in [0.2, 0.25) is 0 Å². The van der Waals surface area contributed by atoms with E-state index in [1.165, 1.54) is 6.33 Å². The Hall–Kier alpha value is -2.34. The maximum atomic E-state index is 5.77. The van der Waals surface area contributed by atoms with Crippen LogP contribution in [0, 0.1) is 6.92 Å². The number of rotatable bonds is 4. The minimum Gasteiger partial charge on any atom is -0.438 e. The van der Waals surface area contributed by atoms with Crippen LogP contribution in [0.25, 0.3) is 0 Å². The van der Waals surface area contributed by atoms with Crippen molar-refractivity contribution in [1.29, 1.82) is 0 Å². The molecule has 6 heteroatoms. The maximum absolute atomic E-state index is 5.77. The lowest BCUT2D eigenvalue weighted by Gasteiger charge is -2.14. The molecule has 0 atom stereocenters. The number of nitrogen functional groups attached to an aromatic ring is 1. The Morgan fingerprint density at radius 3 is 2.74 bits per heavy atom. The van der Waals surface area contributed by atoms with Crippen molar-refractivity contribution in [3.05, 3.63) is 36.2 Å². The molecule has 19 heavy (non-hydrogen) atoms. The van der Waals surface area contributed by atoms with E-state index in [1.54, 1.807) is 0 Å². The van der Waals surface area contributed by atoms with Crippen molar-refractivity contribution in [2.75, 3.05) is 24.4 Å². The normalized spacial score (nSPS) is 10.1. The summed E-state index contributed by atoms with van der Waals surface area (Å²) in [7, 11) is 3.96. The van der Waals surface area contributed by atoms with E-state index < -0.39 is 0 Å². The summed E-state index contributed by atoms with van der Waals surface area (Å²) >= 11 is 0. The summed E-state index contributed by atoms with van der Waals surface area (Å²) < 4.78 is 5.77. The lowest BCUT2D eigenvalue weighted by molar-refractivity contribution is 0.458. The molecule has 0 aliphatic heterocycles. The van der Waals surface area contributed by atoms with Gasteiger partial charge in [0, 0.05) is 25.8 Å². The lowest BCUT2D eigenvalue weighted by atomic mass is 10.3. The van der Waals surface area contributed by atoms with Crippen molar-refractivity contribution in [3.8, 4) is 11.6 Å². The van der Waals surface area contributed by atoms with E-state index in [-0.39, 0.29) is 0 Å². The van der Waals surface area contributed by atoms with Gasteiger partial charge in [-0.25, -0.2) is 15.8 Å². The Balaban J connectivity index is 2.28. The zero-order valence-electron chi connectivity index (χ0n) is 11.2. The van der Waals surface area contributed by atoms with Gasteiger partial charge in [-0.15, -0.1) is 0 Å². The van der Waals surface area contributed by atoms with Crippen molar-refractivity contribution < 1.29 is 4.74 Å². The molecule has 0 aliphatic carbocycles. The van der Waals surface area contributed by atoms with Crippen molar-refractivity contribution in [2.45, 2.75) is 6.92 Å². The summed E-state index contributed by atoms with van der Waals surface area (Å²) in [6.07, 6.45) is 1.41. The molecule has 0 fully saturated rings. The number of anilines is 2. The summed E-state index contributed by atoms with van der Waals surface area (Å²) in [5.74, 6) is 7.13. The molecule has 3 N–H and O–H groups in total. The molecule has 0 bridgehead atoms. The molecule has 1 heterocycles. The maximum Gasteiger partial charge on any atom is 0.227 e. The molecule has 0 radical (unpaired) electrons. The van der Waals surface area contributed by atoms with Crippen LogP contribution in [-0.4, -0.2) is 24.1 Å². The first-order valence-corrected chi connectivity index (χ1v) is 5.85. The average Bonchev–Trinajstić information content (AvgIpc) is 2.41. The van der Waals surface area contributed by atoms with Crippen LogP contribution >= 0.6 is 0 Å². The van der Waals surface area contributed by atoms with E-state index in [0.717, 1.165) is 17.0 Å². The van der Waals surface area contributed by atoms with Crippen molar-refractivity contribution in [3.63, 3.8) is 0 Å². The second-order valence-electron chi connectivity index (χ2n) is 4.29. The van der Waals surface area contributed by atoms with Crippen LogP contribution in [0.5, 0.6) is 11.6 Å². The fraction of sp³-hybridized carbons (Fsp3) is 0.231. The monoisotopic (exact) mass is 259 g/mol. The Morgan fingerprint density at radius 1 is 1.26 bits per heavy atom. The van der Waals surface area contributed by atoms with Gasteiger partial charge < -0.3 is 15.1 Å². The fourth-order valence-electron chi connectivity index (χ4n) is 1.62. The summed E-state index contributed by atoms with van der Waals surface area (Å²) in [4.78, 5) is 10.1. The molecular formula is C13H17N5O. The van der Waals surface area contributed by atoms with Crippen LogP contribution in [0.15, 0.2) is 30.6 Å². The fourth-order valence-corrected chi connectivity index (χ4v) is 1.62. The zero-order chi connectivity index (χ0) is 13.8. The smallest absolute Gasteiger partial charge is 0.227 e. The lowest BCUT2D eigenvalue weighted by Crippen LogP contribution is -2.11. The first-order chi connectivity index (χ1) is 9.11. The summed E-state index contributed by atoms with van der Waals surface area (Å²) in [6, 6.07) is 7.76. The number of nitrogens with two attached hydrogens (primary N) is 1. The van der Waals surface area contributed by atoms with Gasteiger partial charge in [0.1, 0.15) is 17.9 Å². The summed E-state index contributed by atoms with van der Waals surface area (Å²) in [6.45, 7) is 1.85. The third-order valence-corrected chi connectivity index (χ3v) is 2.72. The first-order valence-electron chi connectivity index (χ1n) is 5.85. The van der Waals surface area contributed by atoms with Gasteiger partial charge in [0.05, 0.1) is 5.56 Å². The number of hydrogen-bond acceptors (Lipinski definition) is 6. The topological polar surface area (TPSA) is 76.3 Å². The molecule has 1 aromatic carbocycles. The number of aromatic nitrogens is 2. The number of nitrogens with one attached hydrogen (secondary N) is 1. The van der Waals surface area contributed by atoms with E-state index in [4.69, 9.17) is 10.6 Å². The van der Waals surface area contributed by atoms with Gasteiger partial charge in [0.25, 0.3) is 0 Å². The summed E-state index contributed by atoms with van der Waals surface area (Å²) in [5.41, 5.74) is 4.33. The van der Waals surface area contributed by atoms with Gasteiger partial charge in [-0.05, 0) is 19.1 Å². The molecule has 1 aromatic heterocycles. The first kappa shape index (κ1) is 13.1. The Morgan fingerprint density at radius 2 is 2.05 bits per heavy atom. The van der Waals surface area contributed by atoms with Gasteiger partial charge in [-0.3, -0.25) is 0 Å². The molecule has 2 aromatic rings. The molecule has 0 unspecified atom stereocenters. The van der Waals surface area contributed by atoms with Gasteiger partial charge in [0.2, 0.25) is 5.88 Å². The Labute approximate surface area is 112 Å². The number of nitrogens with zero attached hydrogens (tertiary/aromatic N) is 3. The van der Waals surface area contributed by atoms with E-state index >= 15 is 0 Å². The highest BCUT2D eigenvalue weighted by Gasteiger charge is 2.08. The molecule has 0 aliphatic rings. The van der Waals surface area contributed by atoms with Gasteiger partial charge in [0.15, 0.2) is 0 Å². The Bertz CT molecular complexity index is 571. The minimum atomic E-state index is 0.485. The molecule has 100 valence electrons. The number of hydrazine groups is 1. The zero-order valence-corrected chi connectivity index (χ0v) is 11.2. The van der Waals surface area contributed by atoms with Crippen molar-refractivity contribution in [2.24, 2.45) is 5.84 Å². The van der Waals surface area contributed by atoms with Crippen molar-refractivity contribution in [1.82, 2.24) is 9.97 Å². The number of ether oxygens (including phenoxy) is 1. The van der Waals surface area contributed by atoms with Crippen LogP contribution in [0.3, 0.4) is 0 Å². The van der Waals surface area contributed by atoms with Crippen LogP contribution < -0.4 is 20.9 Å². The highest BCUT2D eigenvalue weighted by molar-refractivity contribution is 5.52. The van der Waals surface area contributed by atoms with E-state index in [1.807, 2.05) is 50.2 Å². The second kappa shape index (κ2) is 5.53. The quantitative estimate of drug-likeness (QED) is 0.645. The predicted octanol–water partition coefficient (Wildman–Crippen LogP) is 1.93.